The van der Waals surface area contributed by atoms with Crippen LogP contribution in [0.15, 0.2) is 30.6 Å². The van der Waals surface area contributed by atoms with Crippen LogP contribution in [-0.2, 0) is 13.5 Å². The molecule has 96 valence electrons. The minimum atomic E-state index is -0.278. The second-order valence-corrected chi connectivity index (χ2v) is 4.17. The molecule has 2 rings (SSSR count). The van der Waals surface area contributed by atoms with E-state index in [1.165, 1.54) is 6.07 Å². The molecule has 0 fully saturated rings. The van der Waals surface area contributed by atoms with E-state index in [0.717, 1.165) is 12.2 Å². The Kier molecular flexibility index (Phi) is 4.04. The summed E-state index contributed by atoms with van der Waals surface area (Å²) in [4.78, 5) is 4.13. The average Bonchev–Trinajstić information content (AvgIpc) is 2.75. The van der Waals surface area contributed by atoms with Crippen molar-refractivity contribution in [2.75, 3.05) is 6.54 Å². The zero-order valence-electron chi connectivity index (χ0n) is 10.6. The van der Waals surface area contributed by atoms with Gasteiger partial charge < -0.3 is 5.32 Å². The second kappa shape index (κ2) is 5.73. The van der Waals surface area contributed by atoms with Crippen LogP contribution in [0.4, 0.5) is 4.39 Å². The highest BCUT2D eigenvalue weighted by Gasteiger charge is 2.17. The van der Waals surface area contributed by atoms with E-state index in [0.29, 0.717) is 12.1 Å². The van der Waals surface area contributed by atoms with E-state index in [1.807, 2.05) is 26.2 Å². The molecule has 1 unspecified atom stereocenters. The monoisotopic (exact) mass is 248 g/mol. The van der Waals surface area contributed by atoms with Crippen LogP contribution in [0.3, 0.4) is 0 Å². The molecule has 1 atom stereocenters. The van der Waals surface area contributed by atoms with Crippen molar-refractivity contribution in [2.24, 2.45) is 7.05 Å². The van der Waals surface area contributed by atoms with Crippen molar-refractivity contribution in [1.82, 2.24) is 20.1 Å². The van der Waals surface area contributed by atoms with Crippen molar-refractivity contribution in [1.29, 1.82) is 0 Å². The molecular weight excluding hydrogens is 231 g/mol. The van der Waals surface area contributed by atoms with E-state index < -0.39 is 0 Å². The van der Waals surface area contributed by atoms with E-state index in [4.69, 9.17) is 0 Å². The number of pyridine rings is 1. The van der Waals surface area contributed by atoms with Crippen LogP contribution in [0, 0.1) is 5.82 Å². The molecule has 2 heterocycles. The highest BCUT2D eigenvalue weighted by molar-refractivity contribution is 5.15. The third-order valence-electron chi connectivity index (χ3n) is 2.75. The molecule has 1 N–H and O–H groups in total. The molecule has 0 bridgehead atoms. The molecule has 4 nitrogen and oxygen atoms in total. The topological polar surface area (TPSA) is 42.7 Å². The fourth-order valence-electron chi connectivity index (χ4n) is 1.95. The Hall–Kier alpha value is -1.75. The lowest BCUT2D eigenvalue weighted by Crippen LogP contribution is -2.25. The van der Waals surface area contributed by atoms with Gasteiger partial charge in [0.25, 0.3) is 0 Å². The van der Waals surface area contributed by atoms with E-state index in [-0.39, 0.29) is 11.9 Å². The molecule has 0 aliphatic carbocycles. The van der Waals surface area contributed by atoms with Crippen LogP contribution in [0.5, 0.6) is 0 Å². The van der Waals surface area contributed by atoms with Gasteiger partial charge in [0.1, 0.15) is 5.82 Å². The predicted octanol–water partition coefficient (Wildman–Crippen LogP) is 1.85. The predicted molar refractivity (Wildman–Crippen MR) is 67.5 cm³/mol. The first-order chi connectivity index (χ1) is 8.70. The number of nitrogens with zero attached hydrogens (tertiary/aromatic N) is 3. The number of likely N-dealkylation sites (N-methyl/N-ethyl adjacent to an activating group) is 1. The highest BCUT2D eigenvalue weighted by Crippen LogP contribution is 2.18. The Bertz CT molecular complexity index is 509. The summed E-state index contributed by atoms with van der Waals surface area (Å²) in [6, 6.07) is 4.82. The van der Waals surface area contributed by atoms with Gasteiger partial charge in [0, 0.05) is 25.9 Å². The molecule has 0 aliphatic rings. The SMILES string of the molecule is CCNC(Cc1ccn(C)n1)c1ncccc1F. The van der Waals surface area contributed by atoms with Gasteiger partial charge in [-0.25, -0.2) is 4.39 Å². The standard InChI is InChI=1S/C13H17FN4/c1-3-15-12(9-10-6-8-18(2)17-10)13-11(14)5-4-7-16-13/h4-8,12,15H,3,9H2,1-2H3. The fraction of sp³-hybridized carbons (Fsp3) is 0.385. The summed E-state index contributed by atoms with van der Waals surface area (Å²) >= 11 is 0. The van der Waals surface area contributed by atoms with E-state index in [2.05, 4.69) is 15.4 Å². The first-order valence-electron chi connectivity index (χ1n) is 6.03. The first kappa shape index (κ1) is 12.7. The van der Waals surface area contributed by atoms with Gasteiger partial charge in [-0.1, -0.05) is 6.92 Å². The minimum absolute atomic E-state index is 0.147. The lowest BCUT2D eigenvalue weighted by molar-refractivity contribution is 0.489. The van der Waals surface area contributed by atoms with Gasteiger partial charge in [-0.3, -0.25) is 9.67 Å². The van der Waals surface area contributed by atoms with Gasteiger partial charge in [0.05, 0.1) is 17.4 Å². The van der Waals surface area contributed by atoms with Gasteiger partial charge in [-0.2, -0.15) is 5.10 Å². The number of aromatic nitrogens is 3. The Labute approximate surface area is 106 Å². The molecule has 0 aliphatic heterocycles. The van der Waals surface area contributed by atoms with E-state index in [9.17, 15) is 4.39 Å². The zero-order valence-corrected chi connectivity index (χ0v) is 10.6. The second-order valence-electron chi connectivity index (χ2n) is 4.17. The van der Waals surface area contributed by atoms with E-state index in [1.54, 1.807) is 16.9 Å². The maximum Gasteiger partial charge on any atom is 0.146 e. The summed E-state index contributed by atoms with van der Waals surface area (Å²) < 4.78 is 15.5. The summed E-state index contributed by atoms with van der Waals surface area (Å²) in [5.74, 6) is -0.278. The van der Waals surface area contributed by atoms with Crippen LogP contribution in [0.1, 0.15) is 24.4 Å². The number of nitrogens with one attached hydrogen (secondary N) is 1. The Morgan fingerprint density at radius 1 is 1.44 bits per heavy atom. The summed E-state index contributed by atoms with van der Waals surface area (Å²) in [6.07, 6.45) is 4.12. The Morgan fingerprint density at radius 3 is 2.89 bits per heavy atom. The highest BCUT2D eigenvalue weighted by atomic mass is 19.1. The molecular formula is C13H17FN4. The summed E-state index contributed by atoms with van der Waals surface area (Å²) in [5, 5.41) is 7.56. The van der Waals surface area contributed by atoms with Gasteiger partial charge in [0.2, 0.25) is 0 Å². The number of rotatable bonds is 5. The largest absolute Gasteiger partial charge is 0.308 e. The molecule has 2 aromatic rings. The van der Waals surface area contributed by atoms with Crippen LogP contribution >= 0.6 is 0 Å². The molecule has 0 saturated heterocycles. The van der Waals surface area contributed by atoms with Crippen molar-refractivity contribution in [3.63, 3.8) is 0 Å². The first-order valence-corrected chi connectivity index (χ1v) is 6.03. The van der Waals surface area contributed by atoms with Crippen molar-refractivity contribution < 1.29 is 4.39 Å². The quantitative estimate of drug-likeness (QED) is 0.878. The molecule has 0 saturated carbocycles. The molecule has 0 amide bonds. The molecule has 0 aromatic carbocycles. The molecule has 0 radical (unpaired) electrons. The molecule has 0 spiro atoms. The Morgan fingerprint density at radius 2 is 2.28 bits per heavy atom. The van der Waals surface area contributed by atoms with Gasteiger partial charge in [-0.15, -0.1) is 0 Å². The van der Waals surface area contributed by atoms with Crippen molar-refractivity contribution in [2.45, 2.75) is 19.4 Å². The van der Waals surface area contributed by atoms with Crippen LogP contribution in [-0.4, -0.2) is 21.3 Å². The van der Waals surface area contributed by atoms with Gasteiger partial charge in [-0.05, 0) is 24.7 Å². The van der Waals surface area contributed by atoms with Crippen molar-refractivity contribution in [3.8, 4) is 0 Å². The van der Waals surface area contributed by atoms with Gasteiger partial charge >= 0.3 is 0 Å². The lowest BCUT2D eigenvalue weighted by atomic mass is 10.1. The van der Waals surface area contributed by atoms with Crippen LogP contribution in [0.25, 0.3) is 0 Å². The molecule has 5 heteroatoms. The van der Waals surface area contributed by atoms with Gasteiger partial charge in [0.15, 0.2) is 0 Å². The molecule has 18 heavy (non-hydrogen) atoms. The summed E-state index contributed by atoms with van der Waals surface area (Å²) in [5.41, 5.74) is 1.37. The average molecular weight is 248 g/mol. The van der Waals surface area contributed by atoms with E-state index >= 15 is 0 Å². The maximum absolute atomic E-state index is 13.7. The number of hydrogen-bond acceptors (Lipinski definition) is 3. The summed E-state index contributed by atoms with van der Waals surface area (Å²) in [7, 11) is 1.87. The number of hydrogen-bond donors (Lipinski definition) is 1. The number of halogens is 1. The maximum atomic E-state index is 13.7. The van der Waals surface area contributed by atoms with Crippen LogP contribution < -0.4 is 5.32 Å². The van der Waals surface area contributed by atoms with Crippen molar-refractivity contribution >= 4 is 0 Å². The Balaban J connectivity index is 2.20. The zero-order chi connectivity index (χ0) is 13.0. The normalized spacial score (nSPS) is 12.6. The number of aryl methyl sites for hydroxylation is 1. The van der Waals surface area contributed by atoms with Crippen LogP contribution in [0.2, 0.25) is 0 Å². The fourth-order valence-corrected chi connectivity index (χ4v) is 1.95. The third kappa shape index (κ3) is 2.92. The lowest BCUT2D eigenvalue weighted by Gasteiger charge is -2.16. The van der Waals surface area contributed by atoms with Crippen molar-refractivity contribution in [3.05, 3.63) is 47.8 Å². The summed E-state index contributed by atoms with van der Waals surface area (Å²) in [6.45, 7) is 2.75. The molecule has 2 aromatic heterocycles. The minimum Gasteiger partial charge on any atom is -0.308 e. The third-order valence-corrected chi connectivity index (χ3v) is 2.75. The smallest absolute Gasteiger partial charge is 0.146 e.